The summed E-state index contributed by atoms with van der Waals surface area (Å²) in [5, 5.41) is 5.59. The molecule has 2 aliphatic rings. The van der Waals surface area contributed by atoms with Gasteiger partial charge < -0.3 is 24.8 Å². The number of fused-ring (bicyclic) bond motifs is 3. The van der Waals surface area contributed by atoms with Crippen molar-refractivity contribution in [2.45, 2.75) is 31.3 Å². The van der Waals surface area contributed by atoms with Crippen molar-refractivity contribution in [1.82, 2.24) is 25.1 Å². The second-order valence-corrected chi connectivity index (χ2v) is 7.74. The van der Waals surface area contributed by atoms with E-state index in [4.69, 9.17) is 4.74 Å². The average Bonchev–Trinajstić information content (AvgIpc) is 3.35. The number of nitrogens with one attached hydrogen (secondary N) is 2. The zero-order valence-electron chi connectivity index (χ0n) is 17.1. The van der Waals surface area contributed by atoms with E-state index in [2.05, 4.69) is 15.6 Å². The molecule has 2 atom stereocenters. The molecule has 10 heteroatoms. The van der Waals surface area contributed by atoms with Gasteiger partial charge in [0.25, 0.3) is 11.8 Å². The van der Waals surface area contributed by atoms with Crippen molar-refractivity contribution >= 4 is 17.7 Å². The van der Waals surface area contributed by atoms with E-state index in [9.17, 15) is 18.8 Å². The van der Waals surface area contributed by atoms with Crippen LogP contribution in [-0.2, 0) is 11.8 Å². The molecule has 2 aliphatic heterocycles. The molecule has 2 bridgehead atoms. The molecule has 9 nitrogen and oxygen atoms in total. The molecule has 0 spiro atoms. The molecule has 0 aliphatic carbocycles. The monoisotopic (exact) mass is 429 g/mol. The topological polar surface area (TPSA) is 106 Å². The summed E-state index contributed by atoms with van der Waals surface area (Å²) >= 11 is 0. The Labute approximate surface area is 178 Å². The van der Waals surface area contributed by atoms with Gasteiger partial charge >= 0.3 is 0 Å². The van der Waals surface area contributed by atoms with E-state index in [1.165, 1.54) is 18.3 Å². The molecule has 2 N–H and O–H groups in total. The Kier molecular flexibility index (Phi) is 5.88. The number of ether oxygens (including phenoxy) is 1. The predicted octanol–water partition coefficient (Wildman–Crippen LogP) is 0.861. The first-order chi connectivity index (χ1) is 14.9. The Morgan fingerprint density at radius 3 is 2.81 bits per heavy atom. The maximum atomic E-state index is 13.8. The van der Waals surface area contributed by atoms with Crippen LogP contribution < -0.4 is 15.4 Å². The lowest BCUT2D eigenvalue weighted by Crippen LogP contribution is -2.48. The van der Waals surface area contributed by atoms with Gasteiger partial charge in [0.1, 0.15) is 23.9 Å². The van der Waals surface area contributed by atoms with Gasteiger partial charge in [-0.05, 0) is 31.0 Å². The molecule has 1 saturated heterocycles. The van der Waals surface area contributed by atoms with E-state index in [0.717, 1.165) is 6.07 Å². The molecule has 3 amide bonds. The molecule has 0 radical (unpaired) electrons. The summed E-state index contributed by atoms with van der Waals surface area (Å²) in [4.78, 5) is 44.2. The highest BCUT2D eigenvalue weighted by Gasteiger charge is 2.39. The van der Waals surface area contributed by atoms with E-state index >= 15 is 0 Å². The summed E-state index contributed by atoms with van der Waals surface area (Å²) in [5.41, 5.74) is 0.480. The number of carbonyl (C=O) groups excluding carboxylic acids is 3. The first-order valence-electron chi connectivity index (χ1n) is 10.2. The fraction of sp³-hybridized carbons (Fsp3) is 0.429. The van der Waals surface area contributed by atoms with Crippen LogP contribution in [0.1, 0.15) is 40.1 Å². The molecular weight excluding hydrogens is 405 g/mol. The normalized spacial score (nSPS) is 22.1. The highest BCUT2D eigenvalue weighted by Crippen LogP contribution is 2.28. The molecule has 2 aromatic rings. The molecule has 31 heavy (non-hydrogen) atoms. The van der Waals surface area contributed by atoms with Gasteiger partial charge in [0.2, 0.25) is 5.91 Å². The van der Waals surface area contributed by atoms with Gasteiger partial charge in [0.05, 0.1) is 24.6 Å². The first kappa shape index (κ1) is 20.8. The maximum absolute atomic E-state index is 13.8. The minimum absolute atomic E-state index is 0.0717. The molecule has 4 rings (SSSR count). The maximum Gasteiger partial charge on any atom is 0.272 e. The van der Waals surface area contributed by atoms with Gasteiger partial charge in [0, 0.05) is 32.1 Å². The number of imidazole rings is 1. The van der Waals surface area contributed by atoms with Crippen molar-refractivity contribution in [3.05, 3.63) is 47.8 Å². The van der Waals surface area contributed by atoms with Crippen LogP contribution in [0.5, 0.6) is 5.75 Å². The lowest BCUT2D eigenvalue weighted by atomic mass is 10.1. The Bertz CT molecular complexity index is 1010. The largest absolute Gasteiger partial charge is 0.491 e. The Morgan fingerprint density at radius 1 is 1.23 bits per heavy atom. The number of hydrogen-bond acceptors (Lipinski definition) is 5. The second kappa shape index (κ2) is 8.75. The van der Waals surface area contributed by atoms with Crippen LogP contribution in [0.4, 0.5) is 4.39 Å². The predicted molar refractivity (Wildman–Crippen MR) is 108 cm³/mol. The minimum atomic E-state index is -0.555. The first-order valence-corrected chi connectivity index (χ1v) is 10.2. The summed E-state index contributed by atoms with van der Waals surface area (Å²) < 4.78 is 21.0. The fourth-order valence-corrected chi connectivity index (χ4v) is 4.14. The van der Waals surface area contributed by atoms with E-state index in [1.807, 2.05) is 0 Å². The summed E-state index contributed by atoms with van der Waals surface area (Å²) in [6.07, 6.45) is 4.46. The number of hydrogen-bond donors (Lipinski definition) is 2. The molecule has 1 aromatic carbocycles. The van der Waals surface area contributed by atoms with E-state index in [-0.39, 0.29) is 61.3 Å². The van der Waals surface area contributed by atoms with Gasteiger partial charge in [-0.25, -0.2) is 9.37 Å². The summed E-state index contributed by atoms with van der Waals surface area (Å²) in [5.74, 6) is -1.22. The lowest BCUT2D eigenvalue weighted by molar-refractivity contribution is -0.122. The molecule has 0 saturated carbocycles. The Hall–Kier alpha value is -3.43. The van der Waals surface area contributed by atoms with Crippen molar-refractivity contribution in [3.8, 4) is 5.75 Å². The summed E-state index contributed by atoms with van der Waals surface area (Å²) in [6, 6.07) is 3.12. The smallest absolute Gasteiger partial charge is 0.272 e. The molecular formula is C21H24FN5O4. The number of halogens is 1. The third-order valence-electron chi connectivity index (χ3n) is 5.68. The Morgan fingerprint density at radius 2 is 2.03 bits per heavy atom. The summed E-state index contributed by atoms with van der Waals surface area (Å²) in [7, 11) is 1.73. The highest BCUT2D eigenvalue weighted by atomic mass is 19.1. The molecule has 0 unspecified atom stereocenters. The third-order valence-corrected chi connectivity index (χ3v) is 5.68. The van der Waals surface area contributed by atoms with E-state index < -0.39 is 11.7 Å². The number of rotatable bonds is 1. The van der Waals surface area contributed by atoms with Crippen LogP contribution >= 0.6 is 0 Å². The lowest BCUT2D eigenvalue weighted by Gasteiger charge is -2.30. The van der Waals surface area contributed by atoms with Gasteiger partial charge in [-0.15, -0.1) is 0 Å². The van der Waals surface area contributed by atoms with Crippen LogP contribution in [0.3, 0.4) is 0 Å². The number of aromatic nitrogens is 2. The molecule has 164 valence electrons. The molecule has 3 heterocycles. The van der Waals surface area contributed by atoms with Gasteiger partial charge in [-0.1, -0.05) is 0 Å². The summed E-state index contributed by atoms with van der Waals surface area (Å²) in [6.45, 7) is 0.530. The van der Waals surface area contributed by atoms with Gasteiger partial charge in [-0.3, -0.25) is 14.4 Å². The fourth-order valence-electron chi connectivity index (χ4n) is 4.14. The number of nitrogens with zero attached hydrogens (tertiary/aromatic N) is 3. The standard InChI is InChI=1S/C21H24FN5O4/c1-26-12-23-11-17(26)21(30)27-14-3-4-15(27)10-25-20(29)16-8-13(22)2-5-18(16)31-7-6-24-19(28)9-14/h2,5,8,11-12,14-15H,3-4,6-7,9-10H2,1H3,(H,24,28)(H,25,29)/t14-,15+/m0/s1. The van der Waals surface area contributed by atoms with Crippen LogP contribution in [0.25, 0.3) is 0 Å². The highest BCUT2D eigenvalue weighted by molar-refractivity contribution is 5.97. The SMILES string of the molecule is Cn1cncc1C(=O)N1[C@@H]2CC[C@H]1CC(=O)NCCOc1ccc(F)cc1C(=O)NC2. The van der Waals surface area contributed by atoms with Crippen molar-refractivity contribution in [1.29, 1.82) is 0 Å². The van der Waals surface area contributed by atoms with E-state index in [1.54, 1.807) is 22.8 Å². The number of carbonyl (C=O) groups is 3. The molecule has 1 fully saturated rings. The van der Waals surface area contributed by atoms with Gasteiger partial charge in [0.15, 0.2) is 0 Å². The quantitative estimate of drug-likeness (QED) is 0.700. The van der Waals surface area contributed by atoms with Gasteiger partial charge in [-0.2, -0.15) is 0 Å². The third kappa shape index (κ3) is 4.37. The second-order valence-electron chi connectivity index (χ2n) is 7.74. The number of aryl methyl sites for hydroxylation is 1. The molecule has 1 aromatic heterocycles. The van der Waals surface area contributed by atoms with Crippen molar-refractivity contribution in [3.63, 3.8) is 0 Å². The van der Waals surface area contributed by atoms with E-state index in [0.29, 0.717) is 18.5 Å². The van der Waals surface area contributed by atoms with Crippen LogP contribution in [0.2, 0.25) is 0 Å². The zero-order valence-corrected chi connectivity index (χ0v) is 17.1. The number of benzene rings is 1. The van der Waals surface area contributed by atoms with Crippen molar-refractivity contribution < 1.29 is 23.5 Å². The number of amides is 3. The van der Waals surface area contributed by atoms with Crippen LogP contribution in [0.15, 0.2) is 30.7 Å². The van der Waals surface area contributed by atoms with Crippen LogP contribution in [-0.4, -0.2) is 64.0 Å². The minimum Gasteiger partial charge on any atom is -0.491 e. The van der Waals surface area contributed by atoms with Crippen LogP contribution in [0, 0.1) is 5.82 Å². The average molecular weight is 429 g/mol. The van der Waals surface area contributed by atoms with Crippen molar-refractivity contribution in [2.75, 3.05) is 19.7 Å². The zero-order chi connectivity index (χ0) is 22.0. The Balaban J connectivity index is 1.62. The van der Waals surface area contributed by atoms with Crippen molar-refractivity contribution in [2.24, 2.45) is 7.05 Å².